The number of halogens is 1. The van der Waals surface area contributed by atoms with Crippen molar-refractivity contribution >= 4 is 35.3 Å². The molecule has 1 aliphatic heterocycles. The lowest BCUT2D eigenvalue weighted by Gasteiger charge is -2.31. The second-order valence-electron chi connectivity index (χ2n) is 8.34. The van der Waals surface area contributed by atoms with Gasteiger partial charge >= 0.3 is 5.97 Å². The molecule has 2 aliphatic rings. The summed E-state index contributed by atoms with van der Waals surface area (Å²) < 4.78 is 0. The first-order valence-electron chi connectivity index (χ1n) is 8.91. The van der Waals surface area contributed by atoms with Crippen molar-refractivity contribution in [1.82, 2.24) is 25.1 Å². The number of rotatable bonds is 5. The molecule has 0 radical (unpaired) electrons. The molecule has 2 fully saturated rings. The first kappa shape index (κ1) is 18.0. The standard InChI is InChI=1S/C17H22ClN7O2/c1-16(2)7-17(3,12(26)27)25(8-16)15-21-13(18)20-14(22-15)19-11-6-10(23-24-11)9-4-5-9/h6,9H,4-5,7-8H2,1-3H3,(H,26,27)(H2,19,20,21,22,23,24). The average molecular weight is 392 g/mol. The predicted molar refractivity (Wildman–Crippen MR) is 100 cm³/mol. The van der Waals surface area contributed by atoms with Crippen molar-refractivity contribution < 1.29 is 9.90 Å². The number of H-pyrrole nitrogens is 1. The Hall–Kier alpha value is -2.42. The molecule has 0 amide bonds. The number of nitrogens with one attached hydrogen (secondary N) is 2. The highest BCUT2D eigenvalue weighted by Gasteiger charge is 2.52. The Bertz CT molecular complexity index is 895. The van der Waals surface area contributed by atoms with Gasteiger partial charge in [0.05, 0.1) is 0 Å². The molecule has 4 rings (SSSR count). The molecule has 0 spiro atoms. The molecule has 0 bridgehead atoms. The molecule has 27 heavy (non-hydrogen) atoms. The lowest BCUT2D eigenvalue weighted by Crippen LogP contribution is -2.49. The first-order chi connectivity index (χ1) is 12.7. The van der Waals surface area contributed by atoms with Gasteiger partial charge < -0.3 is 15.3 Å². The predicted octanol–water partition coefficient (Wildman–Crippen LogP) is 2.95. The van der Waals surface area contributed by atoms with Crippen molar-refractivity contribution in [3.63, 3.8) is 0 Å². The van der Waals surface area contributed by atoms with E-state index in [0.29, 0.717) is 24.7 Å². The van der Waals surface area contributed by atoms with Crippen LogP contribution in [0.4, 0.5) is 17.7 Å². The van der Waals surface area contributed by atoms with Crippen molar-refractivity contribution in [2.45, 2.75) is 51.5 Å². The molecule has 144 valence electrons. The van der Waals surface area contributed by atoms with Gasteiger partial charge in [-0.25, -0.2) is 4.79 Å². The maximum atomic E-state index is 12.0. The maximum Gasteiger partial charge on any atom is 0.329 e. The fourth-order valence-corrected chi connectivity index (χ4v) is 3.96. The Morgan fingerprint density at radius 2 is 2.07 bits per heavy atom. The van der Waals surface area contributed by atoms with E-state index in [1.54, 1.807) is 11.8 Å². The number of hydrogen-bond acceptors (Lipinski definition) is 7. The van der Waals surface area contributed by atoms with Crippen LogP contribution in [0.5, 0.6) is 0 Å². The highest BCUT2D eigenvalue weighted by atomic mass is 35.5. The molecule has 0 aromatic carbocycles. The lowest BCUT2D eigenvalue weighted by molar-refractivity contribution is -0.142. The van der Waals surface area contributed by atoms with Gasteiger partial charge in [0.15, 0.2) is 5.82 Å². The summed E-state index contributed by atoms with van der Waals surface area (Å²) in [6.07, 6.45) is 2.81. The second-order valence-corrected chi connectivity index (χ2v) is 8.68. The van der Waals surface area contributed by atoms with Crippen LogP contribution in [0.3, 0.4) is 0 Å². The van der Waals surface area contributed by atoms with Gasteiger partial charge in [0.2, 0.25) is 17.2 Å². The van der Waals surface area contributed by atoms with E-state index in [1.807, 2.05) is 19.9 Å². The monoisotopic (exact) mass is 391 g/mol. The second kappa shape index (κ2) is 6.05. The number of carboxylic acids is 1. The van der Waals surface area contributed by atoms with Gasteiger partial charge in [-0.1, -0.05) is 13.8 Å². The van der Waals surface area contributed by atoms with Crippen LogP contribution in [-0.2, 0) is 4.79 Å². The summed E-state index contributed by atoms with van der Waals surface area (Å²) in [5.41, 5.74) is -0.226. The zero-order valence-corrected chi connectivity index (χ0v) is 16.2. The van der Waals surface area contributed by atoms with Crippen molar-refractivity contribution in [3.8, 4) is 0 Å². The third-order valence-corrected chi connectivity index (χ3v) is 5.33. The van der Waals surface area contributed by atoms with Crippen LogP contribution >= 0.6 is 11.6 Å². The molecule has 1 atom stereocenters. The maximum absolute atomic E-state index is 12.0. The number of hydrogen-bond donors (Lipinski definition) is 3. The summed E-state index contributed by atoms with van der Waals surface area (Å²) in [6, 6.07) is 1.93. The van der Waals surface area contributed by atoms with E-state index in [2.05, 4.69) is 30.5 Å². The average Bonchev–Trinajstić information content (AvgIpc) is 3.25. The minimum atomic E-state index is -1.11. The fourth-order valence-electron chi connectivity index (χ4n) is 3.80. The van der Waals surface area contributed by atoms with Crippen molar-refractivity contribution in [3.05, 3.63) is 17.0 Å². The minimum Gasteiger partial charge on any atom is -0.480 e. The molecule has 2 aromatic rings. The molecule has 9 nitrogen and oxygen atoms in total. The summed E-state index contributed by atoms with van der Waals surface area (Å²) in [6.45, 7) is 6.24. The summed E-state index contributed by atoms with van der Waals surface area (Å²) in [4.78, 5) is 26.3. The van der Waals surface area contributed by atoms with Crippen LogP contribution in [-0.4, -0.2) is 48.3 Å². The zero-order valence-electron chi connectivity index (χ0n) is 15.5. The molecule has 1 saturated heterocycles. The van der Waals surface area contributed by atoms with Crippen molar-refractivity contribution in [1.29, 1.82) is 0 Å². The minimum absolute atomic E-state index is 0.00195. The summed E-state index contributed by atoms with van der Waals surface area (Å²) in [5.74, 6) is 0.698. The van der Waals surface area contributed by atoms with Gasteiger partial charge in [0, 0.05) is 24.2 Å². The number of carboxylic acid groups (broad SMARTS) is 1. The molecule has 10 heteroatoms. The number of aromatic nitrogens is 5. The molecule has 3 heterocycles. The van der Waals surface area contributed by atoms with Crippen LogP contribution in [0.2, 0.25) is 5.28 Å². The smallest absolute Gasteiger partial charge is 0.329 e. The van der Waals surface area contributed by atoms with Crippen LogP contribution in [0.25, 0.3) is 0 Å². The van der Waals surface area contributed by atoms with E-state index in [4.69, 9.17) is 11.6 Å². The van der Waals surface area contributed by atoms with E-state index >= 15 is 0 Å². The largest absolute Gasteiger partial charge is 0.480 e. The van der Waals surface area contributed by atoms with Gasteiger partial charge in [0.1, 0.15) is 5.54 Å². The zero-order chi connectivity index (χ0) is 19.4. The van der Waals surface area contributed by atoms with Gasteiger partial charge in [-0.3, -0.25) is 5.10 Å². The Labute approximate surface area is 161 Å². The Balaban J connectivity index is 1.64. The van der Waals surface area contributed by atoms with Crippen molar-refractivity contribution in [2.75, 3.05) is 16.8 Å². The van der Waals surface area contributed by atoms with Gasteiger partial charge in [-0.15, -0.1) is 0 Å². The molecule has 1 aliphatic carbocycles. The summed E-state index contributed by atoms with van der Waals surface area (Å²) in [7, 11) is 0. The number of carbonyl (C=O) groups is 1. The van der Waals surface area contributed by atoms with E-state index in [0.717, 1.165) is 5.69 Å². The fraction of sp³-hybridized carbons (Fsp3) is 0.588. The molecular weight excluding hydrogens is 370 g/mol. The van der Waals surface area contributed by atoms with E-state index in [1.165, 1.54) is 12.8 Å². The SMILES string of the molecule is CC1(C)CN(c2nc(Cl)nc(Nc3cc(C4CC4)[nH]n3)n2)C(C)(C(=O)O)C1. The number of anilines is 3. The third kappa shape index (κ3) is 3.43. The van der Waals surface area contributed by atoms with Crippen molar-refractivity contribution in [2.24, 2.45) is 5.41 Å². The molecule has 1 saturated carbocycles. The number of nitrogens with zero attached hydrogens (tertiary/aromatic N) is 5. The van der Waals surface area contributed by atoms with Gasteiger partial charge in [-0.05, 0) is 43.2 Å². The summed E-state index contributed by atoms with van der Waals surface area (Å²) in [5, 5.41) is 20.0. The topological polar surface area (TPSA) is 120 Å². The molecule has 3 N–H and O–H groups in total. The van der Waals surface area contributed by atoms with Crippen LogP contribution in [0, 0.1) is 5.41 Å². The number of aromatic amines is 1. The Morgan fingerprint density at radius 1 is 1.33 bits per heavy atom. The van der Waals surface area contributed by atoms with Crippen LogP contribution in [0.15, 0.2) is 6.07 Å². The summed E-state index contributed by atoms with van der Waals surface area (Å²) >= 11 is 6.10. The van der Waals surface area contributed by atoms with Crippen LogP contribution in [0.1, 0.15) is 51.6 Å². The molecule has 1 unspecified atom stereocenters. The van der Waals surface area contributed by atoms with Crippen LogP contribution < -0.4 is 10.2 Å². The highest BCUT2D eigenvalue weighted by Crippen LogP contribution is 2.43. The van der Waals surface area contributed by atoms with Gasteiger partial charge in [-0.2, -0.15) is 20.1 Å². The van der Waals surface area contributed by atoms with Gasteiger partial charge in [0.25, 0.3) is 0 Å². The Kier molecular flexibility index (Phi) is 4.03. The first-order valence-corrected chi connectivity index (χ1v) is 9.29. The molecular formula is C17H22ClN7O2. The normalized spacial score (nSPS) is 24.2. The number of aliphatic carboxylic acids is 1. The Morgan fingerprint density at radius 3 is 2.74 bits per heavy atom. The lowest BCUT2D eigenvalue weighted by atomic mass is 9.85. The highest BCUT2D eigenvalue weighted by molar-refractivity contribution is 6.28. The van der Waals surface area contributed by atoms with E-state index in [-0.39, 0.29) is 22.6 Å². The molecule has 2 aromatic heterocycles. The third-order valence-electron chi connectivity index (χ3n) is 5.16. The van der Waals surface area contributed by atoms with E-state index in [9.17, 15) is 9.90 Å². The quantitative estimate of drug-likeness (QED) is 0.711. The van der Waals surface area contributed by atoms with E-state index < -0.39 is 11.5 Å².